The lowest BCUT2D eigenvalue weighted by molar-refractivity contribution is -0.383. The second-order valence-electron chi connectivity index (χ2n) is 6.79. The normalized spacial score (nSPS) is 10.2. The summed E-state index contributed by atoms with van der Waals surface area (Å²) in [5, 5.41) is 25.6. The number of rotatable bonds is 9. The highest BCUT2D eigenvalue weighted by Crippen LogP contribution is 2.29. The van der Waals surface area contributed by atoms with Crippen LogP contribution in [0.15, 0.2) is 72.8 Å². The van der Waals surface area contributed by atoms with Crippen molar-refractivity contribution in [2.24, 2.45) is 0 Å². The molecule has 9 nitrogen and oxygen atoms in total. The van der Waals surface area contributed by atoms with Crippen LogP contribution < -0.4 is 10.6 Å². The Morgan fingerprint density at radius 2 is 1.53 bits per heavy atom. The fraction of sp³-hybridized carbons (Fsp3) is 0.0870. The van der Waals surface area contributed by atoms with Gasteiger partial charge in [0.15, 0.2) is 5.78 Å². The summed E-state index contributed by atoms with van der Waals surface area (Å²) in [5.74, 6) is -1.76. The first-order valence-corrected chi connectivity index (χ1v) is 9.60. The van der Waals surface area contributed by atoms with Gasteiger partial charge in [-0.25, -0.2) is 0 Å². The first kappa shape index (κ1) is 22.2. The Kier molecular flexibility index (Phi) is 6.92. The van der Waals surface area contributed by atoms with E-state index in [1.165, 1.54) is 30.3 Å². The van der Waals surface area contributed by atoms with Crippen LogP contribution in [0.2, 0.25) is 0 Å². The van der Waals surface area contributed by atoms with E-state index in [1.807, 2.05) is 0 Å². The quantitative estimate of drug-likeness (QED) is 0.265. The summed E-state index contributed by atoms with van der Waals surface area (Å²) < 4.78 is 0. The number of nitrogens with one attached hydrogen (secondary N) is 2. The highest BCUT2D eigenvalue weighted by molar-refractivity contribution is 6.09. The molecule has 0 aliphatic rings. The van der Waals surface area contributed by atoms with Gasteiger partial charge in [-0.05, 0) is 36.4 Å². The van der Waals surface area contributed by atoms with Crippen molar-refractivity contribution >= 4 is 34.7 Å². The van der Waals surface area contributed by atoms with Gasteiger partial charge >= 0.3 is 5.97 Å². The molecule has 3 aromatic rings. The minimum atomic E-state index is -1.01. The number of carboxylic acids is 1. The van der Waals surface area contributed by atoms with Gasteiger partial charge in [0, 0.05) is 35.0 Å². The Morgan fingerprint density at radius 3 is 2.16 bits per heavy atom. The summed E-state index contributed by atoms with van der Waals surface area (Å²) in [6.07, 6.45) is -0.183. The van der Waals surface area contributed by atoms with Gasteiger partial charge in [0.25, 0.3) is 11.6 Å². The third-order valence-electron chi connectivity index (χ3n) is 4.54. The fourth-order valence-corrected chi connectivity index (χ4v) is 2.93. The first-order chi connectivity index (χ1) is 15.3. The van der Waals surface area contributed by atoms with Crippen molar-refractivity contribution in [3.05, 3.63) is 99.6 Å². The zero-order valence-corrected chi connectivity index (χ0v) is 16.8. The lowest BCUT2D eigenvalue weighted by Gasteiger charge is -2.10. The second-order valence-corrected chi connectivity index (χ2v) is 6.79. The second kappa shape index (κ2) is 9.98. The third-order valence-corrected chi connectivity index (χ3v) is 4.54. The van der Waals surface area contributed by atoms with Crippen molar-refractivity contribution < 1.29 is 24.4 Å². The molecule has 3 aromatic carbocycles. The number of nitrogens with zero attached hydrogens (tertiary/aromatic N) is 1. The largest absolute Gasteiger partial charge is 0.481 e. The number of carbonyl (C=O) groups excluding carboxylic acids is 2. The zero-order chi connectivity index (χ0) is 23.1. The van der Waals surface area contributed by atoms with Crippen molar-refractivity contribution in [2.75, 3.05) is 11.9 Å². The van der Waals surface area contributed by atoms with Crippen molar-refractivity contribution in [3.8, 4) is 0 Å². The van der Waals surface area contributed by atoms with Crippen LogP contribution in [0.1, 0.15) is 32.7 Å². The molecule has 0 fully saturated rings. The molecule has 0 saturated heterocycles. The number of aliphatic carboxylic acids is 1. The number of benzene rings is 3. The van der Waals surface area contributed by atoms with E-state index in [4.69, 9.17) is 5.11 Å². The Hall–Kier alpha value is -4.53. The summed E-state index contributed by atoms with van der Waals surface area (Å²) in [5.41, 5.74) is 1.37. The smallest absolute Gasteiger partial charge is 0.305 e. The lowest BCUT2D eigenvalue weighted by Crippen LogP contribution is -2.25. The highest BCUT2D eigenvalue weighted by Gasteiger charge is 2.19. The Labute approximate surface area is 182 Å². The molecule has 0 bridgehead atoms. The van der Waals surface area contributed by atoms with Crippen molar-refractivity contribution in [1.82, 2.24) is 5.32 Å². The Balaban J connectivity index is 1.75. The van der Waals surface area contributed by atoms with Crippen LogP contribution >= 0.6 is 0 Å². The summed E-state index contributed by atoms with van der Waals surface area (Å²) in [4.78, 5) is 46.1. The maximum Gasteiger partial charge on any atom is 0.305 e. The van der Waals surface area contributed by atoms with Gasteiger partial charge in [-0.2, -0.15) is 0 Å². The van der Waals surface area contributed by atoms with Crippen LogP contribution in [0, 0.1) is 10.1 Å². The number of anilines is 2. The first-order valence-electron chi connectivity index (χ1n) is 9.60. The Morgan fingerprint density at radius 1 is 0.875 bits per heavy atom. The van der Waals surface area contributed by atoms with Gasteiger partial charge in [-0.15, -0.1) is 0 Å². The van der Waals surface area contributed by atoms with E-state index in [1.54, 1.807) is 42.5 Å². The van der Waals surface area contributed by atoms with Crippen molar-refractivity contribution in [1.29, 1.82) is 0 Å². The van der Waals surface area contributed by atoms with Gasteiger partial charge in [0.2, 0.25) is 0 Å². The fourth-order valence-electron chi connectivity index (χ4n) is 2.93. The van der Waals surface area contributed by atoms with Gasteiger partial charge in [-0.3, -0.25) is 24.5 Å². The molecular formula is C23H19N3O6. The van der Waals surface area contributed by atoms with Crippen LogP contribution in [-0.4, -0.2) is 34.2 Å². The van der Waals surface area contributed by atoms with Crippen molar-refractivity contribution in [3.63, 3.8) is 0 Å². The van der Waals surface area contributed by atoms with Gasteiger partial charge in [0.05, 0.1) is 11.3 Å². The van der Waals surface area contributed by atoms with Crippen molar-refractivity contribution in [2.45, 2.75) is 6.42 Å². The number of hydrogen-bond donors (Lipinski definition) is 3. The van der Waals surface area contributed by atoms with Gasteiger partial charge < -0.3 is 15.7 Å². The maximum absolute atomic E-state index is 12.6. The number of nitro groups is 1. The molecule has 0 heterocycles. The monoisotopic (exact) mass is 433 g/mol. The number of carboxylic acid groups (broad SMARTS) is 1. The van der Waals surface area contributed by atoms with E-state index in [0.717, 1.165) is 0 Å². The molecule has 0 aromatic heterocycles. The molecule has 162 valence electrons. The van der Waals surface area contributed by atoms with Crippen LogP contribution in [0.4, 0.5) is 17.1 Å². The third kappa shape index (κ3) is 5.54. The predicted octanol–water partition coefficient (Wildman–Crippen LogP) is 3.77. The topological polar surface area (TPSA) is 139 Å². The number of nitro benzene ring substituents is 1. The standard InChI is InChI=1S/C23H19N3O6/c27-21(28)12-13-24-23(30)16-6-9-18(10-7-16)25-19-11-8-17(14-20(19)26(31)32)22(29)15-4-2-1-3-5-15/h1-11,14,25H,12-13H2,(H,24,30)(H,27,28). The summed E-state index contributed by atoms with van der Waals surface area (Å²) in [6, 6.07) is 18.8. The molecule has 0 aliphatic carbocycles. The van der Waals surface area contributed by atoms with E-state index >= 15 is 0 Å². The molecule has 3 rings (SSSR count). The minimum Gasteiger partial charge on any atom is -0.481 e. The average molecular weight is 433 g/mol. The van der Waals surface area contributed by atoms with Crippen LogP contribution in [0.5, 0.6) is 0 Å². The summed E-state index contributed by atoms with van der Waals surface area (Å²) in [6.45, 7) is 0.00835. The van der Waals surface area contributed by atoms with E-state index in [-0.39, 0.29) is 35.7 Å². The molecule has 0 unspecified atom stereocenters. The lowest BCUT2D eigenvalue weighted by atomic mass is 10.0. The minimum absolute atomic E-state index is 0.00835. The zero-order valence-electron chi connectivity index (χ0n) is 16.8. The van der Waals surface area contributed by atoms with Crippen LogP contribution in [-0.2, 0) is 4.79 Å². The molecule has 0 spiro atoms. The number of hydrogen-bond acceptors (Lipinski definition) is 6. The SMILES string of the molecule is O=C(O)CCNC(=O)c1ccc(Nc2ccc(C(=O)c3ccccc3)cc2[N+](=O)[O-])cc1. The van der Waals surface area contributed by atoms with E-state index < -0.39 is 16.8 Å². The van der Waals surface area contributed by atoms with E-state index in [2.05, 4.69) is 10.6 Å². The molecular weight excluding hydrogens is 414 g/mol. The molecule has 0 aliphatic heterocycles. The molecule has 0 radical (unpaired) electrons. The molecule has 32 heavy (non-hydrogen) atoms. The van der Waals surface area contributed by atoms with E-state index in [9.17, 15) is 24.5 Å². The maximum atomic E-state index is 12.6. The Bertz CT molecular complexity index is 1160. The molecule has 0 saturated carbocycles. The van der Waals surface area contributed by atoms with E-state index in [0.29, 0.717) is 16.8 Å². The highest BCUT2D eigenvalue weighted by atomic mass is 16.6. The molecule has 0 atom stereocenters. The number of amides is 1. The number of ketones is 1. The van der Waals surface area contributed by atoms with Crippen LogP contribution in [0.3, 0.4) is 0 Å². The van der Waals surface area contributed by atoms with Crippen LogP contribution in [0.25, 0.3) is 0 Å². The van der Waals surface area contributed by atoms with Gasteiger partial charge in [0.1, 0.15) is 5.69 Å². The predicted molar refractivity (Wildman–Crippen MR) is 117 cm³/mol. The number of carbonyl (C=O) groups is 3. The molecule has 1 amide bonds. The molecule has 9 heteroatoms. The average Bonchev–Trinajstić information content (AvgIpc) is 2.79. The summed E-state index contributed by atoms with van der Waals surface area (Å²) >= 11 is 0. The van der Waals surface area contributed by atoms with Gasteiger partial charge in [-0.1, -0.05) is 30.3 Å². The molecule has 3 N–H and O–H groups in total. The summed E-state index contributed by atoms with van der Waals surface area (Å²) in [7, 11) is 0.